The number of H-pyrrole nitrogens is 2. The molecule has 6 rings (SSSR count). The van der Waals surface area contributed by atoms with Gasteiger partial charge in [-0.2, -0.15) is 0 Å². The molecule has 13 nitrogen and oxygen atoms in total. The summed E-state index contributed by atoms with van der Waals surface area (Å²) in [5, 5.41) is 2.71. The highest BCUT2D eigenvalue weighted by atomic mass is 16.5. The summed E-state index contributed by atoms with van der Waals surface area (Å²) in [7, 11) is 1.30. The fourth-order valence-corrected chi connectivity index (χ4v) is 7.61. The van der Waals surface area contributed by atoms with Crippen molar-refractivity contribution in [1.82, 2.24) is 35.1 Å². The van der Waals surface area contributed by atoms with E-state index in [9.17, 15) is 14.4 Å². The van der Waals surface area contributed by atoms with Crippen LogP contribution >= 0.6 is 0 Å². The van der Waals surface area contributed by atoms with Crippen LogP contribution in [0.4, 0.5) is 4.79 Å². The highest BCUT2D eigenvalue weighted by Crippen LogP contribution is 2.42. The molecule has 5 atom stereocenters. The molecule has 2 aromatic heterocycles. The molecule has 4 heterocycles. The van der Waals surface area contributed by atoms with Crippen LogP contribution in [0.25, 0.3) is 16.8 Å². The first-order valence-electron chi connectivity index (χ1n) is 18.6. The molecule has 0 radical (unpaired) electrons. The summed E-state index contributed by atoms with van der Waals surface area (Å²) in [5.41, 5.74) is 11.6. The first-order valence-corrected chi connectivity index (χ1v) is 18.6. The SMILES string of the molecule is COC(=O)N[C@H](C(=O)N1CCC[C@H]1c1ncc(C2=CCC(C)(c3ccc(-c4cnc([C@@H]5COCCN5C(=O)[C@@H](N)C(C)C)[nH]4)cc3)CC2)[nH]1)C(C)C. The van der Waals surface area contributed by atoms with Crippen molar-refractivity contribution in [2.75, 3.05) is 33.4 Å². The number of hydrogen-bond acceptors (Lipinski definition) is 8. The molecule has 2 saturated heterocycles. The van der Waals surface area contributed by atoms with Gasteiger partial charge >= 0.3 is 6.09 Å². The molecule has 3 amide bonds. The molecular weight excluding hydrogens is 660 g/mol. The maximum atomic E-state index is 13.6. The molecule has 5 N–H and O–H groups in total. The van der Waals surface area contributed by atoms with Gasteiger partial charge < -0.3 is 40.3 Å². The number of carbonyl (C=O) groups is 3. The number of carbonyl (C=O) groups excluding carboxylic acids is 3. The Bertz CT molecular complexity index is 1760. The topological polar surface area (TPSA) is 172 Å². The minimum atomic E-state index is -0.666. The van der Waals surface area contributed by atoms with Gasteiger partial charge in [0.2, 0.25) is 11.8 Å². The van der Waals surface area contributed by atoms with Gasteiger partial charge in [-0.25, -0.2) is 14.8 Å². The second-order valence-electron chi connectivity index (χ2n) is 15.4. The predicted octanol–water partition coefficient (Wildman–Crippen LogP) is 5.25. The largest absolute Gasteiger partial charge is 0.453 e. The average molecular weight is 715 g/mol. The van der Waals surface area contributed by atoms with Crippen LogP contribution in [0.1, 0.15) is 102 Å². The van der Waals surface area contributed by atoms with E-state index in [1.165, 1.54) is 18.2 Å². The number of hydrogen-bond donors (Lipinski definition) is 4. The van der Waals surface area contributed by atoms with E-state index in [1.54, 1.807) is 4.90 Å². The van der Waals surface area contributed by atoms with Crippen LogP contribution in [0.2, 0.25) is 0 Å². The molecule has 2 aliphatic heterocycles. The molecular formula is C39H54N8O5. The van der Waals surface area contributed by atoms with E-state index in [1.807, 2.05) is 45.0 Å². The number of benzene rings is 1. The van der Waals surface area contributed by atoms with Crippen molar-refractivity contribution in [2.24, 2.45) is 17.6 Å². The number of allylic oxidation sites excluding steroid dienone is 2. The summed E-state index contributed by atoms with van der Waals surface area (Å²) in [6, 6.07) is 6.97. The molecule has 1 aromatic carbocycles. The molecule has 0 saturated carbocycles. The summed E-state index contributed by atoms with van der Waals surface area (Å²) in [5.74, 6) is 1.25. The van der Waals surface area contributed by atoms with Crippen molar-refractivity contribution in [1.29, 1.82) is 0 Å². The minimum absolute atomic E-state index is 0.0212. The number of likely N-dealkylation sites (tertiary alicyclic amines) is 1. The third-order valence-corrected chi connectivity index (χ3v) is 11.1. The van der Waals surface area contributed by atoms with Crippen molar-refractivity contribution >= 4 is 23.5 Å². The van der Waals surface area contributed by atoms with Crippen LogP contribution in [0, 0.1) is 11.8 Å². The van der Waals surface area contributed by atoms with Gasteiger partial charge in [0.25, 0.3) is 0 Å². The number of nitrogens with zero attached hydrogens (tertiary/aromatic N) is 4. The number of imidazole rings is 2. The Kier molecular flexibility index (Phi) is 11.2. The Balaban J connectivity index is 1.10. The summed E-state index contributed by atoms with van der Waals surface area (Å²) in [4.78, 5) is 58.7. The van der Waals surface area contributed by atoms with E-state index in [0.717, 1.165) is 54.9 Å². The highest BCUT2D eigenvalue weighted by molar-refractivity contribution is 5.86. The molecule has 52 heavy (non-hydrogen) atoms. The van der Waals surface area contributed by atoms with Crippen molar-refractivity contribution in [3.63, 3.8) is 0 Å². The Morgan fingerprint density at radius 2 is 1.63 bits per heavy atom. The molecule has 0 spiro atoms. The standard InChI is InChI=1S/C39H54N8O5/c1-23(2)32(40)36(48)47-18-19-52-22-31(47)35-42-20-28(44-35)25-9-11-27(12-10-25)39(5)15-13-26(14-16-39)29-21-41-34(43-29)30-8-7-17-46(30)37(49)33(24(3)4)45-38(50)51-6/h9-13,20-21,23-24,30-33H,7-8,14-19,22,40H2,1-6H3,(H,41,43)(H,42,44)(H,45,50)/t30-,31-,32-,33-,39?/m0/s1. The van der Waals surface area contributed by atoms with Crippen molar-refractivity contribution < 1.29 is 23.9 Å². The number of alkyl carbamates (subject to hydrolysis) is 1. The van der Waals surface area contributed by atoms with Gasteiger partial charge in [0, 0.05) is 13.1 Å². The van der Waals surface area contributed by atoms with E-state index in [4.69, 9.17) is 20.2 Å². The Morgan fingerprint density at radius 3 is 2.29 bits per heavy atom. The number of aromatic amines is 2. The summed E-state index contributed by atoms with van der Waals surface area (Å²) in [6.07, 6.45) is 9.87. The zero-order valence-corrected chi connectivity index (χ0v) is 31.3. The Morgan fingerprint density at radius 1 is 0.962 bits per heavy atom. The van der Waals surface area contributed by atoms with Gasteiger partial charge in [0.15, 0.2) is 0 Å². The lowest BCUT2D eigenvalue weighted by molar-refractivity contribution is -0.143. The third-order valence-electron chi connectivity index (χ3n) is 11.1. The van der Waals surface area contributed by atoms with Gasteiger partial charge in [-0.15, -0.1) is 0 Å². The Labute approximate surface area is 306 Å². The van der Waals surface area contributed by atoms with Crippen LogP contribution in [-0.4, -0.2) is 93.1 Å². The first kappa shape index (κ1) is 37.3. The zero-order chi connectivity index (χ0) is 37.2. The zero-order valence-electron chi connectivity index (χ0n) is 31.3. The van der Waals surface area contributed by atoms with E-state index in [-0.39, 0.29) is 41.1 Å². The lowest BCUT2D eigenvalue weighted by atomic mass is 9.71. The molecule has 1 unspecified atom stereocenters. The van der Waals surface area contributed by atoms with Gasteiger partial charge in [0.05, 0.1) is 56.2 Å². The van der Waals surface area contributed by atoms with Crippen molar-refractivity contribution in [2.45, 2.75) is 96.3 Å². The monoisotopic (exact) mass is 714 g/mol. The number of amides is 3. The van der Waals surface area contributed by atoms with Gasteiger partial charge in [-0.3, -0.25) is 9.59 Å². The van der Waals surface area contributed by atoms with E-state index in [2.05, 4.69) is 57.5 Å². The lowest BCUT2D eigenvalue weighted by Crippen LogP contribution is -2.52. The highest BCUT2D eigenvalue weighted by Gasteiger charge is 2.38. The average Bonchev–Trinajstić information content (AvgIpc) is 3.95. The van der Waals surface area contributed by atoms with Gasteiger partial charge in [0.1, 0.15) is 23.7 Å². The molecule has 13 heteroatoms. The second-order valence-corrected chi connectivity index (χ2v) is 15.4. The van der Waals surface area contributed by atoms with Gasteiger partial charge in [-0.05, 0) is 66.1 Å². The molecule has 3 aliphatic rings. The third kappa shape index (κ3) is 7.66. The number of ether oxygens (including phenoxy) is 2. The second kappa shape index (κ2) is 15.6. The van der Waals surface area contributed by atoms with Crippen LogP contribution in [0.3, 0.4) is 0 Å². The molecule has 2 fully saturated rings. The van der Waals surface area contributed by atoms with Crippen LogP contribution < -0.4 is 11.1 Å². The first-order chi connectivity index (χ1) is 24.9. The predicted molar refractivity (Wildman–Crippen MR) is 198 cm³/mol. The number of nitrogens with one attached hydrogen (secondary N) is 3. The maximum Gasteiger partial charge on any atom is 0.407 e. The van der Waals surface area contributed by atoms with E-state index in [0.29, 0.717) is 32.1 Å². The summed E-state index contributed by atoms with van der Waals surface area (Å²) < 4.78 is 10.5. The van der Waals surface area contributed by atoms with E-state index < -0.39 is 18.2 Å². The Hall–Kier alpha value is -4.49. The van der Waals surface area contributed by atoms with Crippen molar-refractivity contribution in [3.05, 3.63) is 65.6 Å². The van der Waals surface area contributed by atoms with Crippen LogP contribution in [0.5, 0.6) is 0 Å². The van der Waals surface area contributed by atoms with Gasteiger partial charge in [-0.1, -0.05) is 65.0 Å². The molecule has 280 valence electrons. The number of nitrogens with two attached hydrogens (primary N) is 1. The number of rotatable bonds is 10. The number of methoxy groups -OCH3 is 1. The normalized spacial score (nSPS) is 23.4. The number of morpholine rings is 1. The maximum absolute atomic E-state index is 13.6. The summed E-state index contributed by atoms with van der Waals surface area (Å²) in [6.45, 7) is 12.0. The van der Waals surface area contributed by atoms with E-state index >= 15 is 0 Å². The smallest absolute Gasteiger partial charge is 0.407 e. The summed E-state index contributed by atoms with van der Waals surface area (Å²) >= 11 is 0. The molecule has 1 aliphatic carbocycles. The number of aromatic nitrogens is 4. The van der Waals surface area contributed by atoms with Crippen molar-refractivity contribution in [3.8, 4) is 11.3 Å². The van der Waals surface area contributed by atoms with Crippen LogP contribution in [-0.2, 0) is 24.5 Å². The minimum Gasteiger partial charge on any atom is -0.453 e. The molecule has 3 aromatic rings. The fourth-order valence-electron chi connectivity index (χ4n) is 7.61. The lowest BCUT2D eigenvalue weighted by Gasteiger charge is -2.36. The molecule has 0 bridgehead atoms. The van der Waals surface area contributed by atoms with Crippen LogP contribution in [0.15, 0.2) is 42.7 Å². The fraction of sp³-hybridized carbons (Fsp3) is 0.564. The quantitative estimate of drug-likeness (QED) is 0.221.